The molecule has 1 aliphatic rings. The minimum atomic E-state index is -0.787. The van der Waals surface area contributed by atoms with Crippen LogP contribution in [0, 0.1) is 24.4 Å². The molecule has 1 aromatic heterocycles. The number of aromatic nitrogens is 2. The maximum atomic E-state index is 14.6. The number of hydrogen-bond acceptors (Lipinski definition) is 5. The number of rotatable bonds is 7. The zero-order chi connectivity index (χ0) is 28.4. The lowest BCUT2D eigenvalue weighted by atomic mass is 10.1. The Morgan fingerprint density at radius 2 is 1.32 bits per heavy atom. The van der Waals surface area contributed by atoms with Crippen molar-refractivity contribution in [3.05, 3.63) is 128 Å². The van der Waals surface area contributed by atoms with Crippen molar-refractivity contribution < 1.29 is 13.2 Å². The van der Waals surface area contributed by atoms with Crippen LogP contribution in [0.5, 0.6) is 0 Å². The van der Waals surface area contributed by atoms with Crippen LogP contribution in [0.25, 0.3) is 0 Å². The van der Waals surface area contributed by atoms with Crippen LogP contribution in [0.3, 0.4) is 0 Å². The Kier molecular flexibility index (Phi) is 7.79. The first kappa shape index (κ1) is 27.3. The molecule has 1 fully saturated rings. The second kappa shape index (κ2) is 11.4. The van der Waals surface area contributed by atoms with Gasteiger partial charge in [-0.25, -0.2) is 18.0 Å². The molecular formula is C30H30F3N5O2. The smallest absolute Gasteiger partial charge is 0.331 e. The van der Waals surface area contributed by atoms with Crippen LogP contribution in [0.15, 0.2) is 82.4 Å². The molecule has 1 unspecified atom stereocenters. The van der Waals surface area contributed by atoms with Gasteiger partial charge in [0.1, 0.15) is 23.1 Å². The summed E-state index contributed by atoms with van der Waals surface area (Å²) in [5.41, 5.74) is 6.65. The summed E-state index contributed by atoms with van der Waals surface area (Å²) < 4.78 is 45.9. The summed E-state index contributed by atoms with van der Waals surface area (Å²) in [4.78, 5) is 31.3. The van der Waals surface area contributed by atoms with Gasteiger partial charge < -0.3 is 15.5 Å². The molecule has 1 saturated heterocycles. The number of halogens is 3. The molecule has 0 saturated carbocycles. The molecule has 0 spiro atoms. The van der Waals surface area contributed by atoms with E-state index < -0.39 is 35.5 Å². The third-order valence-electron chi connectivity index (χ3n) is 7.43. The average molecular weight is 550 g/mol. The van der Waals surface area contributed by atoms with Gasteiger partial charge in [0.05, 0.1) is 18.8 Å². The van der Waals surface area contributed by atoms with Crippen LogP contribution in [-0.2, 0) is 13.1 Å². The number of nitrogens with two attached hydrogens (primary N) is 1. The molecule has 1 atom stereocenters. The van der Waals surface area contributed by atoms with E-state index in [1.165, 1.54) is 16.7 Å². The maximum Gasteiger partial charge on any atom is 0.331 e. The Labute approximate surface area is 229 Å². The first-order chi connectivity index (χ1) is 19.3. The van der Waals surface area contributed by atoms with Gasteiger partial charge in [0.15, 0.2) is 0 Å². The highest BCUT2D eigenvalue weighted by molar-refractivity contribution is 5.54. The van der Waals surface area contributed by atoms with Crippen LogP contribution >= 0.6 is 0 Å². The Morgan fingerprint density at radius 1 is 0.750 bits per heavy atom. The molecule has 7 nitrogen and oxygen atoms in total. The van der Waals surface area contributed by atoms with E-state index in [-0.39, 0.29) is 23.6 Å². The molecule has 0 amide bonds. The van der Waals surface area contributed by atoms with Crippen molar-refractivity contribution in [3.63, 3.8) is 0 Å². The third-order valence-corrected chi connectivity index (χ3v) is 7.43. The number of nitrogens with zero attached hydrogens (tertiary/aromatic N) is 4. The van der Waals surface area contributed by atoms with Crippen molar-refractivity contribution in [1.29, 1.82) is 0 Å². The van der Waals surface area contributed by atoms with Crippen molar-refractivity contribution in [3.8, 4) is 0 Å². The molecule has 0 radical (unpaired) electrons. The first-order valence-corrected chi connectivity index (χ1v) is 13.1. The maximum absolute atomic E-state index is 14.6. The van der Waals surface area contributed by atoms with Crippen LogP contribution < -0.4 is 26.8 Å². The van der Waals surface area contributed by atoms with Crippen molar-refractivity contribution in [2.75, 3.05) is 36.0 Å². The van der Waals surface area contributed by atoms with E-state index in [9.17, 15) is 22.8 Å². The number of para-hydroxylation sites is 1. The molecule has 40 heavy (non-hydrogen) atoms. The number of anilines is 2. The fourth-order valence-electron chi connectivity index (χ4n) is 5.22. The van der Waals surface area contributed by atoms with E-state index in [1.54, 1.807) is 37.3 Å². The van der Waals surface area contributed by atoms with E-state index in [0.717, 1.165) is 22.3 Å². The van der Waals surface area contributed by atoms with Crippen molar-refractivity contribution in [2.45, 2.75) is 26.1 Å². The van der Waals surface area contributed by atoms with Gasteiger partial charge in [-0.15, -0.1) is 0 Å². The Bertz CT molecular complexity index is 1610. The molecule has 3 aromatic carbocycles. The number of benzene rings is 3. The second-order valence-electron chi connectivity index (χ2n) is 9.86. The van der Waals surface area contributed by atoms with E-state index in [0.29, 0.717) is 37.6 Å². The minimum absolute atomic E-state index is 0.121. The predicted octanol–water partition coefficient (Wildman–Crippen LogP) is 3.81. The summed E-state index contributed by atoms with van der Waals surface area (Å²) in [7, 11) is 0. The van der Waals surface area contributed by atoms with E-state index in [2.05, 4.69) is 0 Å². The van der Waals surface area contributed by atoms with Gasteiger partial charge in [-0.05, 0) is 36.8 Å². The lowest BCUT2D eigenvalue weighted by molar-refractivity contribution is 0.489. The third kappa shape index (κ3) is 5.27. The van der Waals surface area contributed by atoms with Gasteiger partial charge in [0, 0.05) is 43.5 Å². The summed E-state index contributed by atoms with van der Waals surface area (Å²) >= 11 is 0. The second-order valence-corrected chi connectivity index (χ2v) is 9.86. The number of piperazine rings is 1. The fraction of sp³-hybridized carbons (Fsp3) is 0.267. The topological polar surface area (TPSA) is 76.5 Å². The lowest BCUT2D eigenvalue weighted by Gasteiger charge is -2.38. The van der Waals surface area contributed by atoms with Crippen molar-refractivity contribution in [2.24, 2.45) is 5.73 Å². The molecule has 4 aromatic rings. The SMILES string of the molecule is Cc1c(N2CCN(c3ccccc3F)CC2)c(=O)n(CC(N)c2ccccc2)c(=O)n1Cc1c(F)cccc1F. The summed E-state index contributed by atoms with van der Waals surface area (Å²) in [5.74, 6) is -1.90. The quantitative estimate of drug-likeness (QED) is 0.380. The monoisotopic (exact) mass is 549 g/mol. The van der Waals surface area contributed by atoms with Gasteiger partial charge in [0.25, 0.3) is 5.56 Å². The summed E-state index contributed by atoms with van der Waals surface area (Å²) in [6.07, 6.45) is 0. The van der Waals surface area contributed by atoms with Gasteiger partial charge in [-0.3, -0.25) is 13.9 Å². The van der Waals surface area contributed by atoms with E-state index in [1.807, 2.05) is 28.0 Å². The van der Waals surface area contributed by atoms with Crippen molar-refractivity contribution in [1.82, 2.24) is 9.13 Å². The van der Waals surface area contributed by atoms with Gasteiger partial charge >= 0.3 is 5.69 Å². The lowest BCUT2D eigenvalue weighted by Crippen LogP contribution is -2.52. The summed E-state index contributed by atoms with van der Waals surface area (Å²) in [6, 6.07) is 18.4. The molecule has 5 rings (SSSR count). The summed E-state index contributed by atoms with van der Waals surface area (Å²) in [5, 5.41) is 0. The highest BCUT2D eigenvalue weighted by Gasteiger charge is 2.27. The molecule has 2 N–H and O–H groups in total. The molecule has 0 bridgehead atoms. The van der Waals surface area contributed by atoms with E-state index in [4.69, 9.17) is 5.73 Å². The largest absolute Gasteiger partial charge is 0.366 e. The van der Waals surface area contributed by atoms with Crippen LogP contribution in [0.1, 0.15) is 22.9 Å². The van der Waals surface area contributed by atoms with Gasteiger partial charge in [0.2, 0.25) is 0 Å². The molecule has 208 valence electrons. The van der Waals surface area contributed by atoms with Gasteiger partial charge in [-0.2, -0.15) is 0 Å². The van der Waals surface area contributed by atoms with E-state index >= 15 is 0 Å². The Balaban J connectivity index is 1.55. The molecular weight excluding hydrogens is 519 g/mol. The Hall–Kier alpha value is -4.31. The Morgan fingerprint density at radius 3 is 1.98 bits per heavy atom. The first-order valence-electron chi connectivity index (χ1n) is 13.1. The predicted molar refractivity (Wildman–Crippen MR) is 149 cm³/mol. The summed E-state index contributed by atoms with van der Waals surface area (Å²) in [6.45, 7) is 2.70. The highest BCUT2D eigenvalue weighted by atomic mass is 19.1. The average Bonchev–Trinajstić information content (AvgIpc) is 2.96. The zero-order valence-corrected chi connectivity index (χ0v) is 22.1. The van der Waals surface area contributed by atoms with Gasteiger partial charge in [-0.1, -0.05) is 48.5 Å². The zero-order valence-electron chi connectivity index (χ0n) is 22.1. The highest BCUT2D eigenvalue weighted by Crippen LogP contribution is 2.24. The fourth-order valence-corrected chi connectivity index (χ4v) is 5.22. The molecule has 2 heterocycles. The standard InChI is InChI=1S/C30H30F3N5O2/c1-20-28(36-16-14-35(15-17-36)27-13-6-5-10-25(27)33)29(39)38(19-26(34)21-8-3-2-4-9-21)30(40)37(20)18-22-23(31)11-7-12-24(22)32/h2-13,26H,14-19,34H2,1H3. The van der Waals surface area contributed by atoms with Crippen LogP contribution in [0.4, 0.5) is 24.5 Å². The van der Waals surface area contributed by atoms with Crippen molar-refractivity contribution >= 4 is 11.4 Å². The molecule has 0 aliphatic carbocycles. The minimum Gasteiger partial charge on any atom is -0.366 e. The molecule has 1 aliphatic heterocycles. The number of hydrogen-bond donors (Lipinski definition) is 1. The van der Waals surface area contributed by atoms with Crippen LogP contribution in [-0.4, -0.2) is 35.3 Å². The molecule has 10 heteroatoms. The van der Waals surface area contributed by atoms with Crippen LogP contribution in [0.2, 0.25) is 0 Å². The normalized spacial score (nSPS) is 14.4.